The van der Waals surface area contributed by atoms with Crippen molar-refractivity contribution in [2.75, 3.05) is 16.9 Å². The molecule has 0 radical (unpaired) electrons. The van der Waals surface area contributed by atoms with Crippen LogP contribution >= 0.6 is 23.4 Å². The van der Waals surface area contributed by atoms with E-state index in [1.165, 1.54) is 0 Å². The SMILES string of the molecule is CCSCCC(N)C(O)C(=O)NNc1cccc(Cl)c1. The second-order valence-corrected chi connectivity index (χ2v) is 6.05. The average molecular weight is 318 g/mol. The number of nitrogens with two attached hydrogens (primary N) is 1. The summed E-state index contributed by atoms with van der Waals surface area (Å²) in [7, 11) is 0. The summed E-state index contributed by atoms with van der Waals surface area (Å²) in [6.45, 7) is 2.05. The maximum Gasteiger partial charge on any atom is 0.268 e. The maximum atomic E-state index is 11.7. The third-order valence-electron chi connectivity index (χ3n) is 2.63. The Labute approximate surface area is 128 Å². The molecule has 2 unspecified atom stereocenters. The standard InChI is InChI=1S/C13H20ClN3O2S/c1-2-20-7-6-11(15)12(18)13(19)17-16-10-5-3-4-9(14)8-10/h3-5,8,11-12,16,18H,2,6-7,15H2,1H3,(H,17,19). The molecule has 0 aliphatic carbocycles. The molecule has 20 heavy (non-hydrogen) atoms. The lowest BCUT2D eigenvalue weighted by Gasteiger charge is -2.18. The minimum atomic E-state index is -1.24. The Morgan fingerprint density at radius 1 is 1.55 bits per heavy atom. The maximum absolute atomic E-state index is 11.7. The van der Waals surface area contributed by atoms with Crippen LogP contribution in [0.15, 0.2) is 24.3 Å². The van der Waals surface area contributed by atoms with Gasteiger partial charge in [-0.1, -0.05) is 24.6 Å². The summed E-state index contributed by atoms with van der Waals surface area (Å²) in [4.78, 5) is 11.7. The van der Waals surface area contributed by atoms with Crippen molar-refractivity contribution in [1.29, 1.82) is 0 Å². The van der Waals surface area contributed by atoms with E-state index in [4.69, 9.17) is 17.3 Å². The van der Waals surface area contributed by atoms with E-state index in [9.17, 15) is 9.90 Å². The van der Waals surface area contributed by atoms with Crippen molar-refractivity contribution in [2.45, 2.75) is 25.5 Å². The van der Waals surface area contributed by atoms with Crippen LogP contribution in [0.4, 0.5) is 5.69 Å². The number of aliphatic hydroxyl groups is 1. The molecule has 0 saturated carbocycles. The third kappa shape index (κ3) is 6.00. The van der Waals surface area contributed by atoms with Crippen LogP contribution in [0.25, 0.3) is 0 Å². The van der Waals surface area contributed by atoms with Crippen molar-refractivity contribution >= 4 is 35.0 Å². The minimum Gasteiger partial charge on any atom is -0.382 e. The number of hydrazine groups is 1. The highest BCUT2D eigenvalue weighted by molar-refractivity contribution is 7.99. The summed E-state index contributed by atoms with van der Waals surface area (Å²) in [5.74, 6) is 1.26. The van der Waals surface area contributed by atoms with Crippen LogP contribution in [-0.2, 0) is 4.79 Å². The summed E-state index contributed by atoms with van der Waals surface area (Å²) in [5, 5.41) is 10.4. The Morgan fingerprint density at radius 2 is 2.30 bits per heavy atom. The van der Waals surface area contributed by atoms with E-state index in [2.05, 4.69) is 10.9 Å². The summed E-state index contributed by atoms with van der Waals surface area (Å²) in [6.07, 6.45) is -0.649. The number of nitrogens with one attached hydrogen (secondary N) is 2. The van der Waals surface area contributed by atoms with Crippen LogP contribution in [0.1, 0.15) is 13.3 Å². The van der Waals surface area contributed by atoms with Crippen LogP contribution in [0.3, 0.4) is 0 Å². The molecule has 0 heterocycles. The van der Waals surface area contributed by atoms with Crippen LogP contribution in [-0.4, -0.2) is 34.7 Å². The number of carbonyl (C=O) groups excluding carboxylic acids is 1. The molecular formula is C13H20ClN3O2S. The molecule has 0 aliphatic rings. The lowest BCUT2D eigenvalue weighted by molar-refractivity contribution is -0.129. The number of rotatable bonds is 8. The lowest BCUT2D eigenvalue weighted by atomic mass is 10.1. The minimum absolute atomic E-state index is 0.554. The molecule has 0 saturated heterocycles. The van der Waals surface area contributed by atoms with E-state index in [1.54, 1.807) is 36.0 Å². The monoisotopic (exact) mass is 317 g/mol. The van der Waals surface area contributed by atoms with Crippen LogP contribution < -0.4 is 16.6 Å². The van der Waals surface area contributed by atoms with Gasteiger partial charge in [-0.2, -0.15) is 11.8 Å². The van der Waals surface area contributed by atoms with E-state index in [1.807, 2.05) is 6.92 Å². The number of carbonyl (C=O) groups is 1. The largest absolute Gasteiger partial charge is 0.382 e. The lowest BCUT2D eigenvalue weighted by Crippen LogP contribution is -2.48. The van der Waals surface area contributed by atoms with Crippen molar-refractivity contribution in [3.8, 4) is 0 Å². The second kappa shape index (κ2) is 9.07. The first-order valence-corrected chi connectivity index (χ1v) is 7.90. The van der Waals surface area contributed by atoms with Crippen molar-refractivity contribution in [1.82, 2.24) is 5.43 Å². The molecule has 2 atom stereocenters. The zero-order chi connectivity index (χ0) is 15.0. The number of benzene rings is 1. The third-order valence-corrected chi connectivity index (χ3v) is 3.80. The fraction of sp³-hybridized carbons (Fsp3) is 0.462. The van der Waals surface area contributed by atoms with Gasteiger partial charge in [0.2, 0.25) is 0 Å². The van der Waals surface area contributed by atoms with Gasteiger partial charge < -0.3 is 10.8 Å². The first-order valence-electron chi connectivity index (χ1n) is 6.37. The summed E-state index contributed by atoms with van der Waals surface area (Å²) >= 11 is 7.54. The fourth-order valence-corrected chi connectivity index (χ4v) is 2.41. The van der Waals surface area contributed by atoms with Gasteiger partial charge in [0.1, 0.15) is 6.10 Å². The van der Waals surface area contributed by atoms with Crippen molar-refractivity contribution < 1.29 is 9.90 Å². The molecular weight excluding hydrogens is 298 g/mol. The molecule has 1 rings (SSSR count). The second-order valence-electron chi connectivity index (χ2n) is 4.22. The molecule has 0 spiro atoms. The molecule has 0 fully saturated rings. The first-order chi connectivity index (χ1) is 9.54. The van der Waals surface area contributed by atoms with E-state index in [0.717, 1.165) is 11.5 Å². The topological polar surface area (TPSA) is 87.4 Å². The highest BCUT2D eigenvalue weighted by Crippen LogP contribution is 2.14. The molecule has 0 bridgehead atoms. The van der Waals surface area contributed by atoms with Crippen molar-refractivity contribution in [3.63, 3.8) is 0 Å². The number of amides is 1. The Morgan fingerprint density at radius 3 is 2.95 bits per heavy atom. The molecule has 112 valence electrons. The smallest absolute Gasteiger partial charge is 0.268 e. The highest BCUT2D eigenvalue weighted by Gasteiger charge is 2.22. The zero-order valence-electron chi connectivity index (χ0n) is 11.3. The van der Waals surface area contributed by atoms with E-state index in [0.29, 0.717) is 17.1 Å². The Kier molecular flexibility index (Phi) is 7.76. The van der Waals surface area contributed by atoms with Gasteiger partial charge in [-0.3, -0.25) is 15.6 Å². The van der Waals surface area contributed by atoms with Gasteiger partial charge in [-0.15, -0.1) is 0 Å². The van der Waals surface area contributed by atoms with Crippen LogP contribution in [0.2, 0.25) is 5.02 Å². The van der Waals surface area contributed by atoms with E-state index in [-0.39, 0.29) is 0 Å². The van der Waals surface area contributed by atoms with Gasteiger partial charge in [0.15, 0.2) is 0 Å². The van der Waals surface area contributed by atoms with Crippen LogP contribution in [0, 0.1) is 0 Å². The Balaban J connectivity index is 2.37. The van der Waals surface area contributed by atoms with Gasteiger partial charge in [-0.05, 0) is 36.1 Å². The summed E-state index contributed by atoms with van der Waals surface area (Å²) in [5.41, 5.74) is 11.5. The number of hydrogen-bond acceptors (Lipinski definition) is 5. The Hall–Kier alpha value is -0.950. The van der Waals surface area contributed by atoms with Gasteiger partial charge in [0.05, 0.1) is 5.69 Å². The molecule has 5 N–H and O–H groups in total. The molecule has 0 aliphatic heterocycles. The molecule has 1 aromatic rings. The first kappa shape index (κ1) is 17.1. The van der Waals surface area contributed by atoms with Crippen molar-refractivity contribution in [2.24, 2.45) is 5.73 Å². The van der Waals surface area contributed by atoms with Crippen LogP contribution in [0.5, 0.6) is 0 Å². The average Bonchev–Trinajstić information content (AvgIpc) is 2.44. The van der Waals surface area contributed by atoms with E-state index >= 15 is 0 Å². The molecule has 7 heteroatoms. The molecule has 1 aromatic carbocycles. The predicted octanol–water partition coefficient (Wildman–Crippen LogP) is 1.61. The quantitative estimate of drug-likeness (QED) is 0.432. The van der Waals surface area contributed by atoms with E-state index < -0.39 is 18.1 Å². The summed E-state index contributed by atoms with van der Waals surface area (Å²) in [6, 6.07) is 6.31. The number of thioether (sulfide) groups is 1. The molecule has 0 aromatic heterocycles. The predicted molar refractivity (Wildman–Crippen MR) is 84.8 cm³/mol. The van der Waals surface area contributed by atoms with Gasteiger partial charge >= 0.3 is 0 Å². The number of hydrogen-bond donors (Lipinski definition) is 4. The molecule has 1 amide bonds. The number of anilines is 1. The van der Waals surface area contributed by atoms with Gasteiger partial charge in [0, 0.05) is 11.1 Å². The summed E-state index contributed by atoms with van der Waals surface area (Å²) < 4.78 is 0. The van der Waals surface area contributed by atoms with Crippen molar-refractivity contribution in [3.05, 3.63) is 29.3 Å². The normalized spacial score (nSPS) is 13.6. The fourth-order valence-electron chi connectivity index (χ4n) is 1.49. The number of halogens is 1. The Bertz CT molecular complexity index is 434. The molecule has 5 nitrogen and oxygen atoms in total. The van der Waals surface area contributed by atoms with Gasteiger partial charge in [-0.25, -0.2) is 0 Å². The van der Waals surface area contributed by atoms with Gasteiger partial charge in [0.25, 0.3) is 5.91 Å². The number of aliphatic hydroxyl groups excluding tert-OH is 1. The zero-order valence-corrected chi connectivity index (χ0v) is 12.9. The highest BCUT2D eigenvalue weighted by atomic mass is 35.5.